The summed E-state index contributed by atoms with van der Waals surface area (Å²) >= 11 is 1.42. The van der Waals surface area contributed by atoms with Crippen LogP contribution in [0.2, 0.25) is 0 Å². The molecule has 0 saturated heterocycles. The van der Waals surface area contributed by atoms with Crippen LogP contribution in [-0.2, 0) is 4.79 Å². The number of nitrogens with one attached hydrogen (secondary N) is 4. The molecule has 0 fully saturated rings. The zero-order valence-corrected chi connectivity index (χ0v) is 18.5. The number of nitrogens with zero attached hydrogens (tertiary/aromatic N) is 4. The van der Waals surface area contributed by atoms with Gasteiger partial charge in [-0.1, -0.05) is 0 Å². The first-order chi connectivity index (χ1) is 15.5. The molecule has 1 atom stereocenters. The maximum atomic E-state index is 12.0. The molecule has 4 aromatic rings. The Morgan fingerprint density at radius 3 is 2.81 bits per heavy atom. The first-order valence-corrected chi connectivity index (χ1v) is 10.9. The van der Waals surface area contributed by atoms with Crippen molar-refractivity contribution in [2.45, 2.75) is 29.9 Å². The van der Waals surface area contributed by atoms with Crippen LogP contribution in [0.1, 0.15) is 12.6 Å². The van der Waals surface area contributed by atoms with E-state index in [2.05, 4.69) is 36.2 Å². The fraction of sp³-hybridized carbons (Fsp3) is 0.238. The molecule has 32 heavy (non-hydrogen) atoms. The molecule has 3 heterocycles. The Labute approximate surface area is 188 Å². The second kappa shape index (κ2) is 9.81. The summed E-state index contributed by atoms with van der Waals surface area (Å²) in [5.74, 6) is 1.17. The minimum absolute atomic E-state index is 0.0192. The second-order valence-corrected chi connectivity index (χ2v) is 8.32. The number of H-pyrrole nitrogens is 1. The average Bonchev–Trinajstić information content (AvgIpc) is 3.42. The Morgan fingerprint density at radius 1 is 1.28 bits per heavy atom. The maximum Gasteiger partial charge on any atom is 0.238 e. The summed E-state index contributed by atoms with van der Waals surface area (Å²) < 4.78 is 1.77. The minimum Gasteiger partial charge on any atom is -0.395 e. The molecule has 0 bridgehead atoms. The Hall–Kier alpha value is -3.41. The number of aromatic amines is 1. The van der Waals surface area contributed by atoms with Crippen molar-refractivity contribution < 1.29 is 9.90 Å². The number of benzene rings is 1. The molecule has 0 saturated carbocycles. The number of aliphatic hydroxyl groups excluding tert-OH is 1. The van der Waals surface area contributed by atoms with Crippen molar-refractivity contribution >= 4 is 40.5 Å². The van der Waals surface area contributed by atoms with Gasteiger partial charge in [-0.25, -0.2) is 9.50 Å². The molecular formula is C21H24N8O2S. The molecule has 4 rings (SSSR count). The van der Waals surface area contributed by atoms with E-state index < -0.39 is 0 Å². The number of hydrogen-bond acceptors (Lipinski definition) is 8. The van der Waals surface area contributed by atoms with Crippen LogP contribution in [-0.4, -0.2) is 55.0 Å². The lowest BCUT2D eigenvalue weighted by Crippen LogP contribution is -2.36. The van der Waals surface area contributed by atoms with Crippen LogP contribution >= 0.6 is 11.8 Å². The van der Waals surface area contributed by atoms with Crippen molar-refractivity contribution in [3.05, 3.63) is 54.4 Å². The summed E-state index contributed by atoms with van der Waals surface area (Å²) in [5.41, 5.74) is 2.49. The van der Waals surface area contributed by atoms with Gasteiger partial charge in [0, 0.05) is 34.6 Å². The average molecular weight is 453 g/mol. The summed E-state index contributed by atoms with van der Waals surface area (Å²) in [6, 6.07) is 13.1. The van der Waals surface area contributed by atoms with Crippen LogP contribution in [0.5, 0.6) is 0 Å². The molecular weight excluding hydrogens is 428 g/mol. The van der Waals surface area contributed by atoms with Gasteiger partial charge in [-0.05, 0) is 62.0 Å². The summed E-state index contributed by atoms with van der Waals surface area (Å²) in [7, 11) is 0. The number of carbonyl (C=O) groups excluding carboxylic acids is 1. The van der Waals surface area contributed by atoms with E-state index in [1.54, 1.807) is 4.52 Å². The number of aliphatic hydroxyl groups is 1. The van der Waals surface area contributed by atoms with Gasteiger partial charge in [-0.3, -0.25) is 9.89 Å². The summed E-state index contributed by atoms with van der Waals surface area (Å²) in [5, 5.41) is 30.3. The Bertz CT molecular complexity index is 1200. The summed E-state index contributed by atoms with van der Waals surface area (Å²) in [6.45, 7) is 3.86. The first-order valence-electron chi connectivity index (χ1n) is 10.1. The molecule has 3 aromatic heterocycles. The van der Waals surface area contributed by atoms with Crippen LogP contribution in [0.15, 0.2) is 58.7 Å². The molecule has 1 amide bonds. The number of fused-ring (bicyclic) bond motifs is 1. The minimum atomic E-state index is -0.170. The molecule has 0 unspecified atom stereocenters. The lowest BCUT2D eigenvalue weighted by Gasteiger charge is -2.11. The van der Waals surface area contributed by atoms with Crippen LogP contribution in [0.25, 0.3) is 5.52 Å². The van der Waals surface area contributed by atoms with Gasteiger partial charge in [0.1, 0.15) is 5.52 Å². The fourth-order valence-electron chi connectivity index (χ4n) is 2.90. The van der Waals surface area contributed by atoms with Crippen LogP contribution < -0.4 is 16.0 Å². The first kappa shape index (κ1) is 21.8. The SMILES string of the molecule is Cc1cc(Nc2nc(Sc3ccc(NC(=O)CN[C@@H](C)CO)cc3)nn3cccc23)n[nH]1. The van der Waals surface area contributed by atoms with E-state index in [-0.39, 0.29) is 25.1 Å². The standard InChI is InChI=1S/C21H24N8O2S/c1-13-10-18(27-26-13)24-20-17-4-3-9-29(17)28-21(25-20)32-16-7-5-15(6-8-16)23-19(31)11-22-14(2)12-30/h3-10,14,22,30H,11-12H2,1-2H3,(H,23,31)(H2,24,25,26,27,28)/t14-/m0/s1. The molecule has 11 heteroatoms. The summed E-state index contributed by atoms with van der Waals surface area (Å²) in [4.78, 5) is 17.6. The highest BCUT2D eigenvalue weighted by Gasteiger charge is 2.11. The van der Waals surface area contributed by atoms with E-state index in [0.29, 0.717) is 22.5 Å². The molecule has 1 aromatic carbocycles. The molecule has 10 nitrogen and oxygen atoms in total. The lowest BCUT2D eigenvalue weighted by molar-refractivity contribution is -0.115. The van der Waals surface area contributed by atoms with Gasteiger partial charge in [-0.2, -0.15) is 5.10 Å². The second-order valence-electron chi connectivity index (χ2n) is 7.28. The van der Waals surface area contributed by atoms with Crippen molar-refractivity contribution in [1.82, 2.24) is 30.1 Å². The van der Waals surface area contributed by atoms with Gasteiger partial charge < -0.3 is 21.1 Å². The quantitative estimate of drug-likeness (QED) is 0.262. The summed E-state index contributed by atoms with van der Waals surface area (Å²) in [6.07, 6.45) is 1.87. The van der Waals surface area contributed by atoms with Gasteiger partial charge in [-0.15, -0.1) is 5.10 Å². The number of aromatic nitrogens is 5. The van der Waals surface area contributed by atoms with E-state index in [9.17, 15) is 4.79 Å². The van der Waals surface area contributed by atoms with Crippen LogP contribution in [0.3, 0.4) is 0 Å². The normalized spacial score (nSPS) is 12.1. The smallest absolute Gasteiger partial charge is 0.238 e. The predicted octanol–water partition coefficient (Wildman–Crippen LogP) is 2.56. The molecule has 166 valence electrons. The number of amides is 1. The molecule has 0 aliphatic heterocycles. The van der Waals surface area contributed by atoms with Gasteiger partial charge in [0.25, 0.3) is 0 Å². The third-order valence-corrected chi connectivity index (χ3v) is 5.42. The van der Waals surface area contributed by atoms with Crippen LogP contribution in [0.4, 0.5) is 17.3 Å². The third kappa shape index (κ3) is 5.44. The van der Waals surface area contributed by atoms with Gasteiger partial charge in [0.15, 0.2) is 11.6 Å². The monoisotopic (exact) mass is 452 g/mol. The van der Waals surface area contributed by atoms with E-state index >= 15 is 0 Å². The van der Waals surface area contributed by atoms with Crippen molar-refractivity contribution in [2.24, 2.45) is 0 Å². The highest BCUT2D eigenvalue weighted by atomic mass is 32.2. The zero-order chi connectivity index (χ0) is 22.5. The Kier molecular flexibility index (Phi) is 6.69. The topological polar surface area (TPSA) is 132 Å². The van der Waals surface area contributed by atoms with Crippen molar-refractivity contribution in [2.75, 3.05) is 23.8 Å². The van der Waals surface area contributed by atoms with Crippen molar-refractivity contribution in [3.63, 3.8) is 0 Å². The van der Waals surface area contributed by atoms with Gasteiger partial charge >= 0.3 is 0 Å². The maximum absolute atomic E-state index is 12.0. The van der Waals surface area contributed by atoms with Crippen molar-refractivity contribution in [1.29, 1.82) is 0 Å². The van der Waals surface area contributed by atoms with Gasteiger partial charge in [0.2, 0.25) is 11.1 Å². The number of aryl methyl sites for hydroxylation is 1. The molecule has 0 radical (unpaired) electrons. The molecule has 5 N–H and O–H groups in total. The Balaban J connectivity index is 1.44. The van der Waals surface area contributed by atoms with E-state index in [4.69, 9.17) is 5.11 Å². The van der Waals surface area contributed by atoms with E-state index in [1.165, 1.54) is 11.8 Å². The fourth-order valence-corrected chi connectivity index (χ4v) is 3.65. The lowest BCUT2D eigenvalue weighted by atomic mass is 10.3. The number of anilines is 3. The van der Waals surface area contributed by atoms with Gasteiger partial charge in [0.05, 0.1) is 13.2 Å². The number of carbonyl (C=O) groups is 1. The number of rotatable bonds is 9. The predicted molar refractivity (Wildman–Crippen MR) is 123 cm³/mol. The zero-order valence-electron chi connectivity index (χ0n) is 17.7. The van der Waals surface area contributed by atoms with E-state index in [1.807, 2.05) is 62.5 Å². The number of hydrogen-bond donors (Lipinski definition) is 5. The Morgan fingerprint density at radius 2 is 2.09 bits per heavy atom. The molecule has 0 aliphatic rings. The van der Waals surface area contributed by atoms with Crippen LogP contribution in [0, 0.1) is 6.92 Å². The van der Waals surface area contributed by atoms with E-state index in [0.717, 1.165) is 16.1 Å². The third-order valence-electron chi connectivity index (χ3n) is 4.56. The molecule has 0 spiro atoms. The highest BCUT2D eigenvalue weighted by Crippen LogP contribution is 2.28. The van der Waals surface area contributed by atoms with Crippen molar-refractivity contribution in [3.8, 4) is 0 Å². The highest BCUT2D eigenvalue weighted by molar-refractivity contribution is 7.99. The largest absolute Gasteiger partial charge is 0.395 e. The molecule has 0 aliphatic carbocycles.